The number of unbranched alkanes of at least 4 members (excludes halogenated alkanes) is 15. The van der Waals surface area contributed by atoms with Crippen LogP contribution in [0.5, 0.6) is 0 Å². The van der Waals surface area contributed by atoms with Crippen LogP contribution in [0.3, 0.4) is 0 Å². The van der Waals surface area contributed by atoms with Gasteiger partial charge in [0, 0.05) is 6.42 Å². The van der Waals surface area contributed by atoms with E-state index in [0.717, 1.165) is 57.8 Å². The molecule has 0 radical (unpaired) electrons. The average molecular weight is 868 g/mol. The summed E-state index contributed by atoms with van der Waals surface area (Å²) < 4.78 is 11.2. The van der Waals surface area contributed by atoms with E-state index in [0.29, 0.717) is 6.42 Å². The topological polar surface area (TPSA) is 149 Å². The predicted octanol–water partition coefficient (Wildman–Crippen LogP) is 10.9. The van der Waals surface area contributed by atoms with Gasteiger partial charge in [0.05, 0.1) is 25.4 Å². The van der Waals surface area contributed by atoms with Crippen LogP contribution in [0.15, 0.2) is 97.2 Å². The Morgan fingerprint density at radius 1 is 0.565 bits per heavy atom. The summed E-state index contributed by atoms with van der Waals surface area (Å²) in [5.41, 5.74) is 0. The molecular weight excluding hydrogens is 779 g/mol. The zero-order chi connectivity index (χ0) is 45.1. The number of hydrogen-bond acceptors (Lipinski definition) is 8. The highest BCUT2D eigenvalue weighted by atomic mass is 16.7. The van der Waals surface area contributed by atoms with Crippen LogP contribution in [0, 0.1) is 0 Å². The van der Waals surface area contributed by atoms with Crippen LogP contribution in [-0.2, 0) is 14.3 Å². The molecule has 1 fully saturated rings. The first kappa shape index (κ1) is 57.1. The van der Waals surface area contributed by atoms with E-state index < -0.39 is 49.5 Å². The summed E-state index contributed by atoms with van der Waals surface area (Å²) in [5, 5.41) is 54.2. The van der Waals surface area contributed by atoms with Gasteiger partial charge in [0.1, 0.15) is 24.4 Å². The van der Waals surface area contributed by atoms with Gasteiger partial charge in [-0.2, -0.15) is 0 Å². The lowest BCUT2D eigenvalue weighted by atomic mass is 9.99. The second-order valence-corrected chi connectivity index (χ2v) is 16.5. The lowest BCUT2D eigenvalue weighted by Gasteiger charge is -2.40. The Bertz CT molecular complexity index is 1280. The van der Waals surface area contributed by atoms with Gasteiger partial charge >= 0.3 is 0 Å². The second-order valence-electron chi connectivity index (χ2n) is 16.5. The molecule has 1 amide bonds. The fraction of sp³-hybridized carbons (Fsp3) is 0.679. The molecule has 7 atom stereocenters. The van der Waals surface area contributed by atoms with E-state index in [1.165, 1.54) is 89.9 Å². The fourth-order valence-electron chi connectivity index (χ4n) is 7.02. The maximum atomic E-state index is 12.9. The van der Waals surface area contributed by atoms with Gasteiger partial charge in [-0.1, -0.05) is 195 Å². The molecule has 1 saturated heterocycles. The van der Waals surface area contributed by atoms with E-state index in [2.05, 4.69) is 92.1 Å². The number of hydrogen-bond donors (Lipinski definition) is 6. The molecule has 0 saturated carbocycles. The van der Waals surface area contributed by atoms with Gasteiger partial charge in [-0.3, -0.25) is 4.79 Å². The smallest absolute Gasteiger partial charge is 0.220 e. The van der Waals surface area contributed by atoms with Gasteiger partial charge in [0.2, 0.25) is 5.91 Å². The molecule has 9 heteroatoms. The molecule has 7 unspecified atom stereocenters. The van der Waals surface area contributed by atoms with E-state index in [1.54, 1.807) is 6.08 Å². The molecule has 0 aromatic carbocycles. The Balaban J connectivity index is 2.42. The lowest BCUT2D eigenvalue weighted by molar-refractivity contribution is -0.302. The van der Waals surface area contributed by atoms with Crippen LogP contribution in [0.4, 0.5) is 0 Å². The van der Waals surface area contributed by atoms with E-state index in [9.17, 15) is 30.3 Å². The molecule has 1 aliphatic heterocycles. The molecule has 0 aromatic heterocycles. The summed E-state index contributed by atoms with van der Waals surface area (Å²) in [4.78, 5) is 12.9. The molecule has 62 heavy (non-hydrogen) atoms. The Kier molecular flexibility index (Phi) is 38.8. The standard InChI is InChI=1S/C53H89NO8/c1-3-5-7-9-11-13-15-17-19-21-23-25-26-28-30-32-34-36-38-40-42-47(56)46(45-61-53-52(60)51(59)50(58)48(44-55)62-53)54-49(57)43-41-39-37-35-33-31-29-27-24-22-20-18-16-14-12-10-8-6-4-2/h6,8,12,14,18,20,24,27,31-34,37,39-40,42,46-48,50-53,55-56,58-60H,3-5,7,9-11,13,15-17,19,21-23,25-26,28-30,35-36,38,41,43-45H2,1-2H3,(H,54,57)/b8-6-,14-12-,20-18-,27-24-,33-31-,34-32+,39-37-,42-40+. The first-order valence-electron chi connectivity index (χ1n) is 24.5. The minimum absolute atomic E-state index is 0.208. The highest BCUT2D eigenvalue weighted by Gasteiger charge is 2.44. The van der Waals surface area contributed by atoms with Crippen LogP contribution >= 0.6 is 0 Å². The second kappa shape index (κ2) is 42.1. The third-order valence-electron chi connectivity index (χ3n) is 10.9. The van der Waals surface area contributed by atoms with Crippen LogP contribution in [0.1, 0.15) is 174 Å². The zero-order valence-electron chi connectivity index (χ0n) is 38.8. The number of aliphatic hydroxyl groups is 5. The van der Waals surface area contributed by atoms with Crippen molar-refractivity contribution in [1.29, 1.82) is 0 Å². The van der Waals surface area contributed by atoms with Gasteiger partial charge in [-0.05, 0) is 70.6 Å². The third-order valence-corrected chi connectivity index (χ3v) is 10.9. The maximum absolute atomic E-state index is 12.9. The van der Waals surface area contributed by atoms with Crippen LogP contribution in [0.25, 0.3) is 0 Å². The van der Waals surface area contributed by atoms with Gasteiger partial charge in [-0.25, -0.2) is 0 Å². The van der Waals surface area contributed by atoms with E-state index in [1.807, 2.05) is 18.2 Å². The number of amides is 1. The Morgan fingerprint density at radius 2 is 1.02 bits per heavy atom. The molecular formula is C53H89NO8. The first-order chi connectivity index (χ1) is 30.3. The number of aliphatic hydroxyl groups excluding tert-OH is 5. The highest BCUT2D eigenvalue weighted by Crippen LogP contribution is 2.22. The quantitative estimate of drug-likeness (QED) is 0.0264. The van der Waals surface area contributed by atoms with Crippen LogP contribution < -0.4 is 5.32 Å². The fourth-order valence-corrected chi connectivity index (χ4v) is 7.02. The third kappa shape index (κ3) is 31.9. The number of nitrogens with one attached hydrogen (secondary N) is 1. The first-order valence-corrected chi connectivity index (χ1v) is 24.5. The van der Waals surface area contributed by atoms with Crippen molar-refractivity contribution in [3.05, 3.63) is 97.2 Å². The summed E-state index contributed by atoms with van der Waals surface area (Å²) in [5.74, 6) is -0.272. The van der Waals surface area contributed by atoms with Crippen molar-refractivity contribution in [2.24, 2.45) is 0 Å². The summed E-state index contributed by atoms with van der Waals surface area (Å²) in [6, 6.07) is -0.868. The molecule has 1 heterocycles. The maximum Gasteiger partial charge on any atom is 0.220 e. The van der Waals surface area contributed by atoms with Gasteiger partial charge in [0.25, 0.3) is 0 Å². The molecule has 6 N–H and O–H groups in total. The van der Waals surface area contributed by atoms with Crippen molar-refractivity contribution in [3.8, 4) is 0 Å². The summed E-state index contributed by atoms with van der Waals surface area (Å²) in [6.07, 6.45) is 53.2. The van der Waals surface area contributed by atoms with Crippen LogP contribution in [-0.4, -0.2) is 87.5 Å². The van der Waals surface area contributed by atoms with Crippen molar-refractivity contribution in [2.45, 2.75) is 217 Å². The molecule has 354 valence electrons. The summed E-state index contributed by atoms with van der Waals surface area (Å²) in [6.45, 7) is 3.59. The molecule has 1 aliphatic rings. The van der Waals surface area contributed by atoms with Crippen molar-refractivity contribution >= 4 is 5.91 Å². The lowest BCUT2D eigenvalue weighted by Crippen LogP contribution is -2.60. The van der Waals surface area contributed by atoms with E-state index in [4.69, 9.17) is 9.47 Å². The predicted molar refractivity (Wildman–Crippen MR) is 258 cm³/mol. The number of rotatable bonds is 39. The largest absolute Gasteiger partial charge is 0.394 e. The van der Waals surface area contributed by atoms with Gasteiger partial charge in [-0.15, -0.1) is 0 Å². The van der Waals surface area contributed by atoms with Crippen LogP contribution in [0.2, 0.25) is 0 Å². The minimum atomic E-state index is -1.59. The van der Waals surface area contributed by atoms with Crippen molar-refractivity contribution in [2.75, 3.05) is 13.2 Å². The SMILES string of the molecule is CC/C=C\C/C=C\C/C=C\C/C=C\C/C=C\C/C=C\CCC(=O)NC(COC1OC(CO)C(O)C(O)C1O)C(O)/C=C/CC/C=C/CCCCCCCCCCCCCCCC. The number of ether oxygens (including phenoxy) is 2. The monoisotopic (exact) mass is 868 g/mol. The molecule has 0 aromatic rings. The van der Waals surface area contributed by atoms with Crippen molar-refractivity contribution in [3.63, 3.8) is 0 Å². The number of carbonyl (C=O) groups excluding carboxylic acids is 1. The number of allylic oxidation sites excluding steroid dienone is 15. The molecule has 0 spiro atoms. The zero-order valence-corrected chi connectivity index (χ0v) is 38.8. The normalized spacial score (nSPS) is 21.2. The van der Waals surface area contributed by atoms with Gasteiger partial charge in [0.15, 0.2) is 6.29 Å². The average Bonchev–Trinajstić information content (AvgIpc) is 3.27. The molecule has 9 nitrogen and oxygen atoms in total. The Hall–Kier alpha value is -2.89. The molecule has 0 bridgehead atoms. The summed E-state index contributed by atoms with van der Waals surface area (Å²) >= 11 is 0. The van der Waals surface area contributed by atoms with Crippen molar-refractivity contribution in [1.82, 2.24) is 5.32 Å². The van der Waals surface area contributed by atoms with E-state index >= 15 is 0 Å². The van der Waals surface area contributed by atoms with Gasteiger partial charge < -0.3 is 40.3 Å². The number of carbonyl (C=O) groups is 1. The Morgan fingerprint density at radius 3 is 1.53 bits per heavy atom. The Labute approximate surface area is 377 Å². The van der Waals surface area contributed by atoms with E-state index in [-0.39, 0.29) is 18.9 Å². The molecule has 1 rings (SSSR count). The summed E-state index contributed by atoms with van der Waals surface area (Å²) in [7, 11) is 0. The molecule has 0 aliphatic carbocycles. The van der Waals surface area contributed by atoms with Crippen molar-refractivity contribution < 1.29 is 39.8 Å². The highest BCUT2D eigenvalue weighted by molar-refractivity contribution is 5.76. The minimum Gasteiger partial charge on any atom is -0.394 e.